The molecule has 21 heavy (non-hydrogen) atoms. The van der Waals surface area contributed by atoms with Crippen LogP contribution in [0.15, 0.2) is 24.3 Å². The molecular formula is C15H21ClN2O3. The minimum Gasteiger partial charge on any atom is -0.480 e. The van der Waals surface area contributed by atoms with Gasteiger partial charge in [-0.3, -0.25) is 0 Å². The topological polar surface area (TPSA) is 69.6 Å². The Morgan fingerprint density at radius 3 is 2.48 bits per heavy atom. The van der Waals surface area contributed by atoms with Crippen molar-refractivity contribution in [1.29, 1.82) is 0 Å². The average molecular weight is 313 g/mol. The third kappa shape index (κ3) is 3.88. The molecule has 0 radical (unpaired) electrons. The lowest BCUT2D eigenvalue weighted by Gasteiger charge is -2.31. The molecule has 0 saturated heterocycles. The number of carboxylic acids is 1. The highest BCUT2D eigenvalue weighted by Gasteiger charge is 2.34. The molecule has 116 valence electrons. The molecule has 6 heteroatoms. The van der Waals surface area contributed by atoms with Crippen LogP contribution in [0.25, 0.3) is 0 Å². The predicted molar refractivity (Wildman–Crippen MR) is 82.5 cm³/mol. The SMILES string of the molecule is CCC(C)(NC(=O)N(C)C(C)c1ccccc1Cl)C(=O)O. The van der Waals surface area contributed by atoms with Crippen LogP contribution >= 0.6 is 11.6 Å². The monoisotopic (exact) mass is 312 g/mol. The number of carbonyl (C=O) groups excluding carboxylic acids is 1. The Morgan fingerprint density at radius 1 is 1.43 bits per heavy atom. The van der Waals surface area contributed by atoms with Crippen LogP contribution in [0.3, 0.4) is 0 Å². The fourth-order valence-corrected chi connectivity index (χ4v) is 2.11. The molecule has 0 bridgehead atoms. The molecule has 2 atom stereocenters. The van der Waals surface area contributed by atoms with E-state index in [0.717, 1.165) is 5.56 Å². The van der Waals surface area contributed by atoms with Crippen LogP contribution in [-0.2, 0) is 4.79 Å². The summed E-state index contributed by atoms with van der Waals surface area (Å²) in [4.78, 5) is 24.9. The number of aliphatic carboxylic acids is 1. The molecule has 0 aliphatic rings. The lowest BCUT2D eigenvalue weighted by atomic mass is 9.99. The van der Waals surface area contributed by atoms with Crippen LogP contribution in [0.1, 0.15) is 38.8 Å². The first-order chi connectivity index (χ1) is 9.73. The first-order valence-electron chi connectivity index (χ1n) is 6.75. The van der Waals surface area contributed by atoms with Crippen LogP contribution in [0, 0.1) is 0 Å². The predicted octanol–water partition coefficient (Wildman–Crippen LogP) is 3.30. The number of nitrogens with zero attached hydrogens (tertiary/aromatic N) is 1. The zero-order chi connectivity index (χ0) is 16.2. The summed E-state index contributed by atoms with van der Waals surface area (Å²) in [6, 6.07) is 6.54. The van der Waals surface area contributed by atoms with Crippen LogP contribution in [-0.4, -0.2) is 34.6 Å². The maximum atomic E-state index is 12.3. The highest BCUT2D eigenvalue weighted by molar-refractivity contribution is 6.31. The molecule has 1 aromatic rings. The number of urea groups is 1. The normalized spacial score (nSPS) is 14.9. The van der Waals surface area contributed by atoms with Gasteiger partial charge < -0.3 is 15.3 Å². The number of rotatable bonds is 5. The van der Waals surface area contributed by atoms with Crippen molar-refractivity contribution in [3.8, 4) is 0 Å². The Morgan fingerprint density at radius 2 is 2.00 bits per heavy atom. The fourth-order valence-electron chi connectivity index (χ4n) is 1.82. The van der Waals surface area contributed by atoms with E-state index < -0.39 is 17.5 Å². The van der Waals surface area contributed by atoms with E-state index in [1.807, 2.05) is 25.1 Å². The van der Waals surface area contributed by atoms with Gasteiger partial charge in [-0.2, -0.15) is 0 Å². The third-order valence-electron chi connectivity index (χ3n) is 3.82. The molecule has 2 amide bonds. The standard InChI is InChI=1S/C15H21ClN2O3/c1-5-15(3,13(19)20)17-14(21)18(4)10(2)11-8-6-7-9-12(11)16/h6-10H,5H2,1-4H3,(H,17,21)(H,19,20). The van der Waals surface area contributed by atoms with Crippen molar-refractivity contribution in [2.45, 2.75) is 38.8 Å². The van der Waals surface area contributed by atoms with Crippen LogP contribution in [0.2, 0.25) is 5.02 Å². The lowest BCUT2D eigenvalue weighted by molar-refractivity contribution is -0.143. The molecule has 5 nitrogen and oxygen atoms in total. The molecule has 2 N–H and O–H groups in total. The van der Waals surface area contributed by atoms with E-state index in [9.17, 15) is 14.7 Å². The molecular weight excluding hydrogens is 292 g/mol. The number of amides is 2. The first-order valence-corrected chi connectivity index (χ1v) is 7.13. The molecule has 0 aliphatic carbocycles. The second kappa shape index (κ2) is 6.80. The first kappa shape index (κ1) is 17.3. The minimum absolute atomic E-state index is 0.270. The summed E-state index contributed by atoms with van der Waals surface area (Å²) in [5.41, 5.74) is -0.476. The molecule has 1 aromatic carbocycles. The minimum atomic E-state index is -1.29. The van der Waals surface area contributed by atoms with E-state index in [1.165, 1.54) is 11.8 Å². The van der Waals surface area contributed by atoms with Gasteiger partial charge in [0.15, 0.2) is 0 Å². The molecule has 0 fully saturated rings. The Hall–Kier alpha value is -1.75. The van der Waals surface area contributed by atoms with Gasteiger partial charge in [0.05, 0.1) is 6.04 Å². The molecule has 0 heterocycles. The van der Waals surface area contributed by atoms with Crippen molar-refractivity contribution in [3.05, 3.63) is 34.9 Å². The van der Waals surface area contributed by atoms with Gasteiger partial charge in [0.1, 0.15) is 5.54 Å². The Labute approximate surface area is 129 Å². The van der Waals surface area contributed by atoms with Gasteiger partial charge in [-0.05, 0) is 31.9 Å². The molecule has 0 saturated carbocycles. The van der Waals surface area contributed by atoms with E-state index in [4.69, 9.17) is 11.6 Å². The summed E-state index contributed by atoms with van der Waals surface area (Å²) < 4.78 is 0. The van der Waals surface area contributed by atoms with Crippen molar-refractivity contribution in [2.75, 3.05) is 7.05 Å². The van der Waals surface area contributed by atoms with E-state index in [1.54, 1.807) is 20.0 Å². The third-order valence-corrected chi connectivity index (χ3v) is 4.16. The number of carbonyl (C=O) groups is 2. The van der Waals surface area contributed by atoms with Crippen LogP contribution < -0.4 is 5.32 Å². The van der Waals surface area contributed by atoms with Crippen molar-refractivity contribution in [1.82, 2.24) is 10.2 Å². The van der Waals surface area contributed by atoms with Crippen molar-refractivity contribution < 1.29 is 14.7 Å². The van der Waals surface area contributed by atoms with E-state index in [0.29, 0.717) is 11.4 Å². The maximum absolute atomic E-state index is 12.3. The molecule has 1 rings (SSSR count). The summed E-state index contributed by atoms with van der Waals surface area (Å²) in [7, 11) is 1.61. The molecule has 2 unspecified atom stereocenters. The van der Waals surface area contributed by atoms with E-state index in [-0.39, 0.29) is 6.04 Å². The smallest absolute Gasteiger partial charge is 0.329 e. The van der Waals surface area contributed by atoms with Gasteiger partial charge in [0.25, 0.3) is 0 Å². The zero-order valence-electron chi connectivity index (χ0n) is 12.7. The lowest BCUT2D eigenvalue weighted by Crippen LogP contribution is -2.55. The quantitative estimate of drug-likeness (QED) is 0.876. The molecule has 0 aromatic heterocycles. The summed E-state index contributed by atoms with van der Waals surface area (Å²) in [6.07, 6.45) is 0.294. The molecule has 0 spiro atoms. The van der Waals surface area contributed by atoms with E-state index in [2.05, 4.69) is 5.32 Å². The number of nitrogens with one attached hydrogen (secondary N) is 1. The maximum Gasteiger partial charge on any atom is 0.329 e. The van der Waals surface area contributed by atoms with Crippen LogP contribution in [0.5, 0.6) is 0 Å². The highest BCUT2D eigenvalue weighted by Crippen LogP contribution is 2.26. The number of hydrogen-bond donors (Lipinski definition) is 2. The van der Waals surface area contributed by atoms with Crippen molar-refractivity contribution in [2.24, 2.45) is 0 Å². The van der Waals surface area contributed by atoms with Gasteiger partial charge in [-0.25, -0.2) is 9.59 Å². The van der Waals surface area contributed by atoms with Gasteiger partial charge in [-0.15, -0.1) is 0 Å². The Balaban J connectivity index is 2.88. The summed E-state index contributed by atoms with van der Waals surface area (Å²) >= 11 is 6.13. The van der Waals surface area contributed by atoms with Gasteiger partial charge in [0.2, 0.25) is 0 Å². The second-order valence-corrected chi connectivity index (χ2v) is 5.64. The van der Waals surface area contributed by atoms with Gasteiger partial charge >= 0.3 is 12.0 Å². The average Bonchev–Trinajstić information content (AvgIpc) is 2.45. The fraction of sp³-hybridized carbons (Fsp3) is 0.467. The highest BCUT2D eigenvalue weighted by atomic mass is 35.5. The van der Waals surface area contributed by atoms with Gasteiger partial charge in [0, 0.05) is 12.1 Å². The van der Waals surface area contributed by atoms with Crippen LogP contribution in [0.4, 0.5) is 4.79 Å². The number of carboxylic acid groups (broad SMARTS) is 1. The summed E-state index contributed by atoms with van der Waals surface area (Å²) in [5, 5.41) is 12.3. The number of hydrogen-bond acceptors (Lipinski definition) is 2. The van der Waals surface area contributed by atoms with Gasteiger partial charge in [-0.1, -0.05) is 36.7 Å². The second-order valence-electron chi connectivity index (χ2n) is 5.23. The Bertz CT molecular complexity index is 535. The summed E-state index contributed by atoms with van der Waals surface area (Å²) in [5.74, 6) is -1.06. The number of benzene rings is 1. The van der Waals surface area contributed by atoms with E-state index >= 15 is 0 Å². The Kier molecular flexibility index (Phi) is 5.61. The molecule has 0 aliphatic heterocycles. The summed E-state index contributed by atoms with van der Waals surface area (Å²) in [6.45, 7) is 5.04. The largest absolute Gasteiger partial charge is 0.480 e. The zero-order valence-corrected chi connectivity index (χ0v) is 13.4. The van der Waals surface area contributed by atoms with Crippen molar-refractivity contribution >= 4 is 23.6 Å². The van der Waals surface area contributed by atoms with Crippen molar-refractivity contribution in [3.63, 3.8) is 0 Å². The number of halogens is 1.